The molecular weight excluding hydrogens is 242 g/mol. The van der Waals surface area contributed by atoms with Gasteiger partial charge in [-0.3, -0.25) is 0 Å². The largest absolute Gasteiger partial charge is 0.465 e. The molecular formula is C12H18ClNO3. The van der Waals surface area contributed by atoms with E-state index in [-0.39, 0.29) is 31.0 Å². The lowest BCUT2D eigenvalue weighted by Crippen LogP contribution is -2.11. The Kier molecular flexibility index (Phi) is 7.54. The normalized spacial score (nSPS) is 11.5. The van der Waals surface area contributed by atoms with Crippen molar-refractivity contribution in [1.82, 2.24) is 0 Å². The van der Waals surface area contributed by atoms with E-state index in [0.717, 1.165) is 12.0 Å². The molecule has 0 aliphatic carbocycles. The van der Waals surface area contributed by atoms with Crippen molar-refractivity contribution in [3.63, 3.8) is 0 Å². The third-order valence-electron chi connectivity index (χ3n) is 2.43. The van der Waals surface area contributed by atoms with Crippen LogP contribution in [0.3, 0.4) is 0 Å². The first kappa shape index (κ1) is 15.9. The van der Waals surface area contributed by atoms with E-state index in [1.54, 1.807) is 12.1 Å². The number of benzene rings is 1. The summed E-state index contributed by atoms with van der Waals surface area (Å²) in [5, 5.41) is 8.69. The smallest absolute Gasteiger partial charge is 0.337 e. The number of aliphatic hydroxyl groups is 1. The highest BCUT2D eigenvalue weighted by Crippen LogP contribution is 2.16. The third-order valence-corrected chi connectivity index (χ3v) is 2.43. The highest BCUT2D eigenvalue weighted by Gasteiger charge is 2.08. The number of carbonyl (C=O) groups is 1. The van der Waals surface area contributed by atoms with E-state index < -0.39 is 0 Å². The van der Waals surface area contributed by atoms with E-state index >= 15 is 0 Å². The molecule has 0 fully saturated rings. The Morgan fingerprint density at radius 2 is 2.00 bits per heavy atom. The summed E-state index contributed by atoms with van der Waals surface area (Å²) in [5.41, 5.74) is 7.39. The topological polar surface area (TPSA) is 72.5 Å². The van der Waals surface area contributed by atoms with E-state index in [0.29, 0.717) is 12.0 Å². The summed E-state index contributed by atoms with van der Waals surface area (Å²) in [4.78, 5) is 11.2. The molecule has 0 saturated carbocycles. The zero-order valence-corrected chi connectivity index (χ0v) is 10.6. The first-order valence-corrected chi connectivity index (χ1v) is 5.23. The molecule has 0 bridgehead atoms. The molecule has 1 rings (SSSR count). The van der Waals surface area contributed by atoms with Crippen LogP contribution in [-0.4, -0.2) is 24.8 Å². The summed E-state index contributed by atoms with van der Waals surface area (Å²) >= 11 is 0. The molecule has 1 aromatic carbocycles. The van der Waals surface area contributed by atoms with Crippen molar-refractivity contribution >= 4 is 18.4 Å². The zero-order chi connectivity index (χ0) is 12.0. The van der Waals surface area contributed by atoms with Gasteiger partial charge in [0, 0.05) is 12.6 Å². The van der Waals surface area contributed by atoms with Gasteiger partial charge < -0.3 is 15.6 Å². The molecule has 17 heavy (non-hydrogen) atoms. The fraction of sp³-hybridized carbons (Fsp3) is 0.417. The van der Waals surface area contributed by atoms with Crippen LogP contribution in [0.4, 0.5) is 0 Å². The predicted molar refractivity (Wildman–Crippen MR) is 68.3 cm³/mol. The molecule has 0 saturated heterocycles. The number of ether oxygens (including phenoxy) is 1. The summed E-state index contributed by atoms with van der Waals surface area (Å²) in [6, 6.07) is 6.92. The molecule has 96 valence electrons. The number of esters is 1. The fourth-order valence-electron chi connectivity index (χ4n) is 1.46. The number of hydrogen-bond donors (Lipinski definition) is 2. The van der Waals surface area contributed by atoms with Crippen LogP contribution >= 0.6 is 12.4 Å². The van der Waals surface area contributed by atoms with Crippen molar-refractivity contribution in [3.8, 4) is 0 Å². The quantitative estimate of drug-likeness (QED) is 0.789. The maximum absolute atomic E-state index is 11.2. The van der Waals surface area contributed by atoms with Gasteiger partial charge in [-0.15, -0.1) is 12.4 Å². The van der Waals surface area contributed by atoms with Gasteiger partial charge in [-0.25, -0.2) is 4.79 Å². The van der Waals surface area contributed by atoms with Crippen molar-refractivity contribution in [1.29, 1.82) is 0 Å². The molecule has 1 atom stereocenters. The highest BCUT2D eigenvalue weighted by molar-refractivity contribution is 5.89. The minimum Gasteiger partial charge on any atom is -0.465 e. The van der Waals surface area contributed by atoms with Crippen molar-refractivity contribution in [3.05, 3.63) is 35.4 Å². The minimum atomic E-state index is -0.351. The monoisotopic (exact) mass is 259 g/mol. The molecule has 0 unspecified atom stereocenters. The summed E-state index contributed by atoms with van der Waals surface area (Å²) in [5.74, 6) is -0.351. The molecule has 4 nitrogen and oxygen atoms in total. The minimum absolute atomic E-state index is 0. The van der Waals surface area contributed by atoms with Gasteiger partial charge in [-0.2, -0.15) is 0 Å². The first-order valence-electron chi connectivity index (χ1n) is 5.23. The number of rotatable bonds is 5. The van der Waals surface area contributed by atoms with E-state index in [9.17, 15) is 4.79 Å². The number of methoxy groups -OCH3 is 1. The molecule has 0 amide bonds. The molecule has 0 aliphatic heterocycles. The second kappa shape index (κ2) is 8.06. The van der Waals surface area contributed by atoms with Crippen LogP contribution in [0.25, 0.3) is 0 Å². The van der Waals surface area contributed by atoms with Crippen LogP contribution < -0.4 is 5.73 Å². The average molecular weight is 260 g/mol. The molecule has 0 spiro atoms. The lowest BCUT2D eigenvalue weighted by molar-refractivity contribution is 0.0600. The van der Waals surface area contributed by atoms with Gasteiger partial charge in [0.15, 0.2) is 0 Å². The number of aliphatic hydroxyl groups excluding tert-OH is 1. The molecule has 0 radical (unpaired) electrons. The van der Waals surface area contributed by atoms with Crippen LogP contribution in [-0.2, 0) is 4.74 Å². The van der Waals surface area contributed by atoms with Gasteiger partial charge >= 0.3 is 5.97 Å². The van der Waals surface area contributed by atoms with Crippen LogP contribution in [0.2, 0.25) is 0 Å². The van der Waals surface area contributed by atoms with Gasteiger partial charge in [0.05, 0.1) is 12.7 Å². The Morgan fingerprint density at radius 1 is 1.41 bits per heavy atom. The van der Waals surface area contributed by atoms with Gasteiger partial charge in [-0.1, -0.05) is 12.1 Å². The van der Waals surface area contributed by atoms with Crippen molar-refractivity contribution in [2.45, 2.75) is 18.9 Å². The summed E-state index contributed by atoms with van der Waals surface area (Å²) < 4.78 is 4.60. The van der Waals surface area contributed by atoms with Crippen LogP contribution in [0.15, 0.2) is 24.3 Å². The Labute approximate surface area is 107 Å². The van der Waals surface area contributed by atoms with Crippen molar-refractivity contribution in [2.75, 3.05) is 13.7 Å². The summed E-state index contributed by atoms with van der Waals surface area (Å²) in [6.45, 7) is 0.147. The average Bonchev–Trinajstić information content (AvgIpc) is 2.35. The summed E-state index contributed by atoms with van der Waals surface area (Å²) in [7, 11) is 1.35. The van der Waals surface area contributed by atoms with Gasteiger partial charge in [0.25, 0.3) is 0 Å². The van der Waals surface area contributed by atoms with E-state index in [1.165, 1.54) is 7.11 Å². The van der Waals surface area contributed by atoms with Crippen LogP contribution in [0.1, 0.15) is 34.8 Å². The lowest BCUT2D eigenvalue weighted by atomic mass is 10.0. The van der Waals surface area contributed by atoms with Gasteiger partial charge in [0.2, 0.25) is 0 Å². The van der Waals surface area contributed by atoms with E-state index in [1.807, 2.05) is 12.1 Å². The Morgan fingerprint density at radius 3 is 2.47 bits per heavy atom. The van der Waals surface area contributed by atoms with Gasteiger partial charge in [-0.05, 0) is 30.5 Å². The molecule has 0 aliphatic rings. The number of carbonyl (C=O) groups excluding carboxylic acids is 1. The maximum Gasteiger partial charge on any atom is 0.337 e. The zero-order valence-electron chi connectivity index (χ0n) is 9.76. The molecule has 1 aromatic rings. The van der Waals surface area contributed by atoms with Crippen molar-refractivity contribution in [2.24, 2.45) is 5.73 Å². The standard InChI is InChI=1S/C12H17NO3.ClH/c1-16-12(15)10-6-4-9(5-7-10)11(13)3-2-8-14;/h4-7,11,14H,2-3,8,13H2,1H3;1H/t11-;/m1./s1. The van der Waals surface area contributed by atoms with E-state index in [4.69, 9.17) is 10.8 Å². The molecule has 0 aromatic heterocycles. The third kappa shape index (κ3) is 4.73. The Hall–Kier alpha value is -1.10. The predicted octanol–water partition coefficient (Wildman–Crippen LogP) is 1.67. The Balaban J connectivity index is 0.00000256. The number of hydrogen-bond acceptors (Lipinski definition) is 4. The van der Waals surface area contributed by atoms with E-state index in [2.05, 4.69) is 4.74 Å². The number of nitrogens with two attached hydrogens (primary N) is 1. The maximum atomic E-state index is 11.2. The van der Waals surface area contributed by atoms with Crippen LogP contribution in [0, 0.1) is 0 Å². The number of halogens is 1. The second-order valence-electron chi connectivity index (χ2n) is 3.59. The van der Waals surface area contributed by atoms with Crippen molar-refractivity contribution < 1.29 is 14.6 Å². The SMILES string of the molecule is COC(=O)c1ccc([C@H](N)CCCO)cc1.Cl. The first-order chi connectivity index (χ1) is 7.69. The fourth-order valence-corrected chi connectivity index (χ4v) is 1.46. The van der Waals surface area contributed by atoms with Gasteiger partial charge in [0.1, 0.15) is 0 Å². The molecule has 3 N–H and O–H groups in total. The Bertz CT molecular complexity index is 340. The highest BCUT2D eigenvalue weighted by atomic mass is 35.5. The van der Waals surface area contributed by atoms with Crippen LogP contribution in [0.5, 0.6) is 0 Å². The second-order valence-corrected chi connectivity index (χ2v) is 3.59. The molecule has 5 heteroatoms. The lowest BCUT2D eigenvalue weighted by Gasteiger charge is -2.11. The molecule has 0 heterocycles. The summed E-state index contributed by atoms with van der Waals surface area (Å²) in [6.07, 6.45) is 1.41.